The highest BCUT2D eigenvalue weighted by atomic mass is 32.1. The number of carbonyl (C=O) groups excluding carboxylic acids is 4. The van der Waals surface area contributed by atoms with Crippen molar-refractivity contribution in [3.05, 3.63) is 51.2 Å². The third-order valence-electron chi connectivity index (χ3n) is 5.03. The lowest BCUT2D eigenvalue weighted by Gasteiger charge is -2.35. The number of carbonyl (C=O) groups is 4. The van der Waals surface area contributed by atoms with E-state index in [2.05, 4.69) is 10.6 Å². The van der Waals surface area contributed by atoms with Crippen LogP contribution in [-0.4, -0.2) is 54.8 Å². The van der Waals surface area contributed by atoms with E-state index < -0.39 is 17.9 Å². The molecule has 2 N–H and O–H groups in total. The van der Waals surface area contributed by atoms with Crippen LogP contribution in [0.25, 0.3) is 0 Å². The Bertz CT molecular complexity index is 1000. The van der Waals surface area contributed by atoms with Crippen molar-refractivity contribution in [3.8, 4) is 0 Å². The van der Waals surface area contributed by atoms with Crippen LogP contribution in [0.4, 0.5) is 5.69 Å². The lowest BCUT2D eigenvalue weighted by atomic mass is 10.0. The average Bonchev–Trinajstić information content (AvgIpc) is 3.18. The summed E-state index contributed by atoms with van der Waals surface area (Å²) in [6, 6.07) is 6.03. The lowest BCUT2D eigenvalue weighted by molar-refractivity contribution is -0.131. The van der Waals surface area contributed by atoms with Crippen molar-refractivity contribution in [1.29, 1.82) is 0 Å². The normalized spacial score (nSPS) is 16.0. The van der Waals surface area contributed by atoms with Crippen LogP contribution in [0.5, 0.6) is 0 Å². The zero-order valence-electron chi connectivity index (χ0n) is 17.0. The van der Waals surface area contributed by atoms with E-state index in [9.17, 15) is 19.2 Å². The Kier molecular flexibility index (Phi) is 6.51. The Morgan fingerprint density at radius 2 is 2.00 bits per heavy atom. The van der Waals surface area contributed by atoms with E-state index in [4.69, 9.17) is 4.74 Å². The Balaban J connectivity index is 1.76. The number of anilines is 1. The topological polar surface area (TPSA) is 105 Å². The first-order chi connectivity index (χ1) is 14.3. The van der Waals surface area contributed by atoms with Crippen LogP contribution in [0, 0.1) is 13.8 Å². The summed E-state index contributed by atoms with van der Waals surface area (Å²) in [5.41, 5.74) is 2.84. The highest BCUT2D eigenvalue weighted by Gasteiger charge is 2.35. The van der Waals surface area contributed by atoms with Gasteiger partial charge in [-0.15, -0.1) is 11.3 Å². The first kappa shape index (κ1) is 21.5. The SMILES string of the molecule is COC(=O)c1sccc1NC(=O)C[C@@H]1C(=O)NCCN1C(=O)c1ccc(C)c(C)c1. The maximum absolute atomic E-state index is 13.1. The second kappa shape index (κ2) is 9.08. The van der Waals surface area contributed by atoms with Crippen molar-refractivity contribution in [2.24, 2.45) is 0 Å². The number of ether oxygens (including phenoxy) is 1. The van der Waals surface area contributed by atoms with Gasteiger partial charge in [0, 0.05) is 18.7 Å². The third-order valence-corrected chi connectivity index (χ3v) is 5.93. The fourth-order valence-corrected chi connectivity index (χ4v) is 4.00. The Morgan fingerprint density at radius 3 is 2.70 bits per heavy atom. The maximum atomic E-state index is 13.1. The summed E-state index contributed by atoms with van der Waals surface area (Å²) in [4.78, 5) is 51.6. The van der Waals surface area contributed by atoms with Gasteiger partial charge >= 0.3 is 5.97 Å². The monoisotopic (exact) mass is 429 g/mol. The predicted octanol–water partition coefficient (Wildman–Crippen LogP) is 2.12. The van der Waals surface area contributed by atoms with Crippen LogP contribution in [-0.2, 0) is 14.3 Å². The molecule has 1 aromatic carbocycles. The largest absolute Gasteiger partial charge is 0.465 e. The molecule has 2 heterocycles. The molecule has 3 amide bonds. The van der Waals surface area contributed by atoms with Gasteiger partial charge in [0.05, 0.1) is 19.2 Å². The van der Waals surface area contributed by atoms with Gasteiger partial charge in [0.25, 0.3) is 5.91 Å². The van der Waals surface area contributed by atoms with E-state index >= 15 is 0 Å². The zero-order valence-corrected chi connectivity index (χ0v) is 17.8. The summed E-state index contributed by atoms with van der Waals surface area (Å²) >= 11 is 1.14. The molecule has 1 aliphatic heterocycles. The second-order valence-corrected chi connectivity index (χ2v) is 7.93. The number of nitrogens with one attached hydrogen (secondary N) is 2. The van der Waals surface area contributed by atoms with Crippen molar-refractivity contribution in [2.75, 3.05) is 25.5 Å². The molecule has 1 saturated heterocycles. The second-order valence-electron chi connectivity index (χ2n) is 7.01. The molecule has 1 fully saturated rings. The first-order valence-corrected chi connectivity index (χ1v) is 10.3. The molecule has 0 unspecified atom stereocenters. The molecular weight excluding hydrogens is 406 g/mol. The summed E-state index contributed by atoms with van der Waals surface area (Å²) in [5, 5.41) is 7.01. The summed E-state index contributed by atoms with van der Waals surface area (Å²) in [7, 11) is 1.26. The number of rotatable bonds is 5. The first-order valence-electron chi connectivity index (χ1n) is 9.43. The van der Waals surface area contributed by atoms with Crippen molar-refractivity contribution >= 4 is 40.7 Å². The number of esters is 1. The van der Waals surface area contributed by atoms with Gasteiger partial charge in [0.1, 0.15) is 10.9 Å². The number of amides is 3. The van der Waals surface area contributed by atoms with Crippen LogP contribution >= 0.6 is 11.3 Å². The average molecular weight is 429 g/mol. The summed E-state index contributed by atoms with van der Waals surface area (Å²) < 4.78 is 4.70. The minimum atomic E-state index is -0.937. The fraction of sp³-hybridized carbons (Fsp3) is 0.333. The van der Waals surface area contributed by atoms with E-state index in [0.29, 0.717) is 24.3 Å². The van der Waals surface area contributed by atoms with E-state index in [1.165, 1.54) is 12.0 Å². The van der Waals surface area contributed by atoms with Crippen LogP contribution in [0.1, 0.15) is 37.6 Å². The van der Waals surface area contributed by atoms with Gasteiger partial charge in [-0.05, 0) is 48.6 Å². The molecule has 1 aliphatic rings. The molecule has 9 heteroatoms. The van der Waals surface area contributed by atoms with Gasteiger partial charge in [-0.3, -0.25) is 14.4 Å². The van der Waals surface area contributed by atoms with Gasteiger partial charge < -0.3 is 20.3 Å². The summed E-state index contributed by atoms with van der Waals surface area (Å²) in [5.74, 6) is -1.70. The van der Waals surface area contributed by atoms with Crippen LogP contribution < -0.4 is 10.6 Å². The number of benzene rings is 1. The van der Waals surface area contributed by atoms with E-state index in [1.54, 1.807) is 23.6 Å². The number of hydrogen-bond donors (Lipinski definition) is 2. The molecule has 8 nitrogen and oxygen atoms in total. The van der Waals surface area contributed by atoms with Gasteiger partial charge in [0.2, 0.25) is 11.8 Å². The summed E-state index contributed by atoms with van der Waals surface area (Å²) in [6.45, 7) is 4.50. The molecule has 0 spiro atoms. The van der Waals surface area contributed by atoms with Crippen molar-refractivity contribution < 1.29 is 23.9 Å². The Labute approximate surface area is 178 Å². The Morgan fingerprint density at radius 1 is 1.23 bits per heavy atom. The van der Waals surface area contributed by atoms with Crippen LogP contribution in [0.15, 0.2) is 29.6 Å². The molecule has 0 bridgehead atoms. The van der Waals surface area contributed by atoms with Crippen molar-refractivity contribution in [1.82, 2.24) is 10.2 Å². The number of thiophene rings is 1. The zero-order chi connectivity index (χ0) is 21.8. The smallest absolute Gasteiger partial charge is 0.350 e. The Hall–Kier alpha value is -3.20. The van der Waals surface area contributed by atoms with E-state index in [-0.39, 0.29) is 23.1 Å². The minimum absolute atomic E-state index is 0.223. The fourth-order valence-electron chi connectivity index (χ4n) is 3.24. The third kappa shape index (κ3) is 4.51. The molecule has 1 atom stereocenters. The number of aryl methyl sites for hydroxylation is 2. The lowest BCUT2D eigenvalue weighted by Crippen LogP contribution is -2.58. The highest BCUT2D eigenvalue weighted by Crippen LogP contribution is 2.24. The molecule has 3 rings (SSSR count). The van der Waals surface area contributed by atoms with E-state index in [1.807, 2.05) is 19.9 Å². The number of methoxy groups -OCH3 is 1. The number of hydrogen-bond acceptors (Lipinski definition) is 6. The quantitative estimate of drug-likeness (QED) is 0.709. The summed E-state index contributed by atoms with van der Waals surface area (Å²) in [6.07, 6.45) is -0.223. The predicted molar refractivity (Wildman–Crippen MR) is 113 cm³/mol. The molecule has 0 radical (unpaired) electrons. The van der Waals surface area contributed by atoms with E-state index in [0.717, 1.165) is 22.5 Å². The highest BCUT2D eigenvalue weighted by molar-refractivity contribution is 7.12. The van der Waals surface area contributed by atoms with Gasteiger partial charge in [-0.2, -0.15) is 0 Å². The molecule has 2 aromatic rings. The standard InChI is InChI=1S/C21H23N3O5S/c1-12-4-5-14(10-13(12)2)20(27)24-8-7-22-19(26)16(24)11-17(25)23-15-6-9-30-18(15)21(28)29-3/h4-6,9-10,16H,7-8,11H2,1-3H3,(H,22,26)(H,23,25)/t16-/m1/s1. The van der Waals surface area contributed by atoms with Crippen molar-refractivity contribution in [2.45, 2.75) is 26.3 Å². The number of nitrogens with zero attached hydrogens (tertiary/aromatic N) is 1. The molecular formula is C21H23N3O5S. The minimum Gasteiger partial charge on any atom is -0.465 e. The van der Waals surface area contributed by atoms with Gasteiger partial charge in [-0.25, -0.2) is 4.79 Å². The van der Waals surface area contributed by atoms with Crippen LogP contribution in [0.3, 0.4) is 0 Å². The molecule has 0 aliphatic carbocycles. The molecule has 1 aromatic heterocycles. The van der Waals surface area contributed by atoms with Gasteiger partial charge in [-0.1, -0.05) is 6.07 Å². The molecule has 158 valence electrons. The number of piperazine rings is 1. The molecule has 0 saturated carbocycles. The van der Waals surface area contributed by atoms with Gasteiger partial charge in [0.15, 0.2) is 0 Å². The van der Waals surface area contributed by atoms with Crippen LogP contribution in [0.2, 0.25) is 0 Å². The molecule has 30 heavy (non-hydrogen) atoms. The van der Waals surface area contributed by atoms with Crippen molar-refractivity contribution in [3.63, 3.8) is 0 Å². The maximum Gasteiger partial charge on any atom is 0.350 e.